The molecule has 2 heterocycles. The zero-order valence-electron chi connectivity index (χ0n) is 26.2. The number of ether oxygens (including phenoxy) is 1. The van der Waals surface area contributed by atoms with E-state index in [0.29, 0.717) is 34.8 Å². The summed E-state index contributed by atoms with van der Waals surface area (Å²) in [5.74, 6) is -2.56. The van der Waals surface area contributed by atoms with E-state index in [2.05, 4.69) is 15.0 Å². The third kappa shape index (κ3) is 10.8. The van der Waals surface area contributed by atoms with Crippen molar-refractivity contribution in [3.8, 4) is 0 Å². The number of aliphatic hydroxyl groups is 1. The number of rotatable bonds is 12. The Bertz CT molecular complexity index is 1280. The summed E-state index contributed by atoms with van der Waals surface area (Å²) in [4.78, 5) is 9.89. The van der Waals surface area contributed by atoms with E-state index in [4.69, 9.17) is 38.5 Å². The van der Waals surface area contributed by atoms with Gasteiger partial charge in [-0.2, -0.15) is 26.3 Å². The summed E-state index contributed by atoms with van der Waals surface area (Å²) in [6, 6.07) is 5.57. The first kappa shape index (κ1) is 37.9. The van der Waals surface area contributed by atoms with Gasteiger partial charge in [0.05, 0.1) is 34.9 Å². The Kier molecular flexibility index (Phi) is 13.5. The normalized spacial score (nSPS) is 24.1. The average molecular weight is 716 g/mol. The highest BCUT2D eigenvalue weighted by Crippen LogP contribution is 2.41. The van der Waals surface area contributed by atoms with Gasteiger partial charge in [-0.3, -0.25) is 4.90 Å². The summed E-state index contributed by atoms with van der Waals surface area (Å²) in [5, 5.41) is 14.7. The van der Waals surface area contributed by atoms with Crippen LogP contribution in [0.1, 0.15) is 50.0 Å². The van der Waals surface area contributed by atoms with Crippen molar-refractivity contribution in [2.75, 3.05) is 53.0 Å². The van der Waals surface area contributed by atoms with Gasteiger partial charge >= 0.3 is 12.4 Å². The second-order valence-electron chi connectivity index (χ2n) is 12.5. The highest BCUT2D eigenvalue weighted by Gasteiger charge is 2.45. The molecular formula is C32H42Cl2F6N4O3. The van der Waals surface area contributed by atoms with Gasteiger partial charge in [-0.05, 0) is 94.0 Å². The molecule has 0 aromatic heterocycles. The SMILES string of the molecule is CO/N=C(\COCC1=CC(C(F)(F)F)CC(C(F)(F)F)=C1)C(CCN1CCC(N2CCCC(C(N)O)C2)CC1)c1ccc(Cl)c(Cl)c1. The zero-order chi connectivity index (χ0) is 34.4. The number of oxime groups is 1. The monoisotopic (exact) mass is 714 g/mol. The topological polar surface area (TPSA) is 83.6 Å². The average Bonchev–Trinajstić information content (AvgIpc) is 3.02. The van der Waals surface area contributed by atoms with E-state index < -0.39 is 43.1 Å². The van der Waals surface area contributed by atoms with E-state index in [1.165, 1.54) is 7.11 Å². The summed E-state index contributed by atoms with van der Waals surface area (Å²) in [6.07, 6.45) is -5.76. The molecule has 1 aromatic carbocycles. The number of nitrogens with zero attached hydrogens (tertiary/aromatic N) is 3. The van der Waals surface area contributed by atoms with E-state index in [9.17, 15) is 31.4 Å². The van der Waals surface area contributed by atoms with E-state index in [0.717, 1.165) is 69.6 Å². The van der Waals surface area contributed by atoms with Crippen molar-refractivity contribution >= 4 is 28.9 Å². The van der Waals surface area contributed by atoms with Crippen molar-refractivity contribution in [3.05, 3.63) is 57.1 Å². The molecule has 0 amide bonds. The summed E-state index contributed by atoms with van der Waals surface area (Å²) < 4.78 is 86.2. The lowest BCUT2D eigenvalue weighted by Gasteiger charge is -2.43. The van der Waals surface area contributed by atoms with E-state index in [1.54, 1.807) is 18.2 Å². The molecule has 0 bridgehead atoms. The molecule has 264 valence electrons. The van der Waals surface area contributed by atoms with Gasteiger partial charge in [-0.15, -0.1) is 0 Å². The first-order valence-corrected chi connectivity index (χ1v) is 16.5. The van der Waals surface area contributed by atoms with Crippen LogP contribution in [-0.2, 0) is 9.57 Å². The van der Waals surface area contributed by atoms with E-state index >= 15 is 0 Å². The van der Waals surface area contributed by atoms with Crippen LogP contribution in [0.3, 0.4) is 0 Å². The van der Waals surface area contributed by atoms with Crippen LogP contribution in [0.15, 0.2) is 46.7 Å². The summed E-state index contributed by atoms with van der Waals surface area (Å²) in [5.41, 5.74) is 5.47. The third-order valence-corrected chi connectivity index (χ3v) is 9.99. The molecule has 0 saturated carbocycles. The van der Waals surface area contributed by atoms with Crippen LogP contribution in [-0.4, -0.2) is 98.3 Å². The zero-order valence-corrected chi connectivity index (χ0v) is 27.7. The number of aliphatic hydroxyl groups excluding tert-OH is 1. The molecule has 1 aliphatic carbocycles. The summed E-state index contributed by atoms with van der Waals surface area (Å²) in [7, 11) is 1.35. The molecule has 2 fully saturated rings. The molecule has 1 aromatic rings. The minimum Gasteiger partial charge on any atom is -0.399 e. The van der Waals surface area contributed by atoms with Crippen LogP contribution in [0.4, 0.5) is 26.3 Å². The molecule has 7 nitrogen and oxygen atoms in total. The van der Waals surface area contributed by atoms with Gasteiger partial charge in [-0.1, -0.05) is 40.5 Å². The van der Waals surface area contributed by atoms with Crippen molar-refractivity contribution in [1.29, 1.82) is 0 Å². The van der Waals surface area contributed by atoms with Crippen LogP contribution < -0.4 is 5.73 Å². The summed E-state index contributed by atoms with van der Waals surface area (Å²) >= 11 is 12.5. The van der Waals surface area contributed by atoms with Gasteiger partial charge < -0.3 is 25.3 Å². The second-order valence-corrected chi connectivity index (χ2v) is 13.3. The molecule has 2 saturated heterocycles. The number of halogens is 8. The smallest absolute Gasteiger partial charge is 0.399 e. The number of allylic oxidation sites excluding steroid dienone is 2. The molecule has 4 atom stereocenters. The van der Waals surface area contributed by atoms with Crippen LogP contribution in [0, 0.1) is 11.8 Å². The Morgan fingerprint density at radius 3 is 2.43 bits per heavy atom. The maximum atomic E-state index is 13.4. The predicted octanol–water partition coefficient (Wildman–Crippen LogP) is 6.94. The second kappa shape index (κ2) is 16.7. The summed E-state index contributed by atoms with van der Waals surface area (Å²) in [6.45, 7) is 3.51. The number of hydrogen-bond acceptors (Lipinski definition) is 7. The molecule has 3 N–H and O–H groups in total. The van der Waals surface area contributed by atoms with Crippen LogP contribution >= 0.6 is 23.2 Å². The lowest BCUT2D eigenvalue weighted by molar-refractivity contribution is -0.166. The maximum absolute atomic E-state index is 13.4. The van der Waals surface area contributed by atoms with Gasteiger partial charge in [0.25, 0.3) is 0 Å². The number of alkyl halides is 6. The number of likely N-dealkylation sites (tertiary alicyclic amines) is 2. The predicted molar refractivity (Wildman–Crippen MR) is 169 cm³/mol. The number of piperidine rings is 2. The first-order chi connectivity index (χ1) is 22.2. The first-order valence-electron chi connectivity index (χ1n) is 15.7. The Morgan fingerprint density at radius 2 is 1.81 bits per heavy atom. The minimum absolute atomic E-state index is 0.0811. The molecule has 0 radical (unpaired) electrons. The highest BCUT2D eigenvalue weighted by molar-refractivity contribution is 6.42. The Morgan fingerprint density at radius 1 is 1.09 bits per heavy atom. The number of nitrogens with two attached hydrogens (primary N) is 1. The van der Waals surface area contributed by atoms with E-state index in [-0.39, 0.29) is 24.0 Å². The molecule has 4 rings (SSSR count). The highest BCUT2D eigenvalue weighted by atomic mass is 35.5. The van der Waals surface area contributed by atoms with Gasteiger partial charge in [0, 0.05) is 30.0 Å². The standard InChI is InChI=1S/C32H42Cl2F6N4O3/c1-46-42-29(19-47-18-20-13-23(31(35,36)37)16-24(14-20)32(38,39)40)26(21-4-5-27(33)28(34)15-21)8-12-43-10-6-25(7-11-43)44-9-2-3-22(17-44)30(41)45/h4-5,13-15,22-23,25-26,30,45H,2-3,6-12,16-19,41H2,1H3/b42-29+. The fourth-order valence-corrected chi connectivity index (χ4v) is 7.00. The molecule has 3 aliphatic rings. The largest absolute Gasteiger partial charge is 0.412 e. The van der Waals surface area contributed by atoms with Crippen molar-refractivity contribution in [3.63, 3.8) is 0 Å². The van der Waals surface area contributed by atoms with Crippen molar-refractivity contribution < 1.29 is 41.0 Å². The van der Waals surface area contributed by atoms with Gasteiger partial charge in [0.15, 0.2) is 0 Å². The molecule has 15 heteroatoms. The Hall–Kier alpha value is -1.87. The number of benzene rings is 1. The van der Waals surface area contributed by atoms with E-state index in [1.807, 2.05) is 0 Å². The quantitative estimate of drug-likeness (QED) is 0.106. The molecule has 0 spiro atoms. The van der Waals surface area contributed by atoms with Gasteiger partial charge in [0.2, 0.25) is 0 Å². The molecule has 47 heavy (non-hydrogen) atoms. The van der Waals surface area contributed by atoms with Crippen molar-refractivity contribution in [2.24, 2.45) is 22.7 Å². The molecule has 2 aliphatic heterocycles. The third-order valence-electron chi connectivity index (χ3n) is 9.25. The Balaban J connectivity index is 1.43. The molecular weight excluding hydrogens is 673 g/mol. The van der Waals surface area contributed by atoms with Gasteiger partial charge in [0.1, 0.15) is 13.3 Å². The maximum Gasteiger partial charge on any atom is 0.412 e. The fourth-order valence-electron chi connectivity index (χ4n) is 6.69. The van der Waals surface area contributed by atoms with Crippen molar-refractivity contribution in [2.45, 2.75) is 69.1 Å². The lowest BCUT2D eigenvalue weighted by atomic mass is 9.89. The number of hydrogen-bond donors (Lipinski definition) is 2. The lowest BCUT2D eigenvalue weighted by Crippen LogP contribution is -2.51. The van der Waals surface area contributed by atoms with Crippen LogP contribution in [0.5, 0.6) is 0 Å². The van der Waals surface area contributed by atoms with Gasteiger partial charge in [-0.25, -0.2) is 0 Å². The van der Waals surface area contributed by atoms with Crippen LogP contribution in [0.25, 0.3) is 0 Å². The van der Waals surface area contributed by atoms with Crippen molar-refractivity contribution in [1.82, 2.24) is 9.80 Å². The fraction of sp³-hybridized carbons (Fsp3) is 0.656. The van der Waals surface area contributed by atoms with Crippen LogP contribution in [0.2, 0.25) is 10.0 Å². The Labute approximate surface area is 281 Å². The minimum atomic E-state index is -4.89. The molecule has 4 unspecified atom stereocenters.